The van der Waals surface area contributed by atoms with Crippen LogP contribution in [0.3, 0.4) is 0 Å². The highest BCUT2D eigenvalue weighted by molar-refractivity contribution is 7.86. The van der Waals surface area contributed by atoms with Crippen LogP contribution in [0, 0.1) is 0 Å². The zero-order valence-corrected chi connectivity index (χ0v) is 10.8. The van der Waals surface area contributed by atoms with Crippen LogP contribution in [0.4, 0.5) is 26.3 Å². The molecule has 0 bridgehead atoms. The summed E-state index contributed by atoms with van der Waals surface area (Å²) in [5.74, 6) is 0. The quantitative estimate of drug-likeness (QED) is 0.443. The molecule has 0 heterocycles. The third-order valence-corrected chi connectivity index (χ3v) is 3.04. The fraction of sp³-hybridized carbons (Fsp3) is 1.00. The summed E-state index contributed by atoms with van der Waals surface area (Å²) in [6, 6.07) is 0. The molecule has 0 amide bonds. The van der Waals surface area contributed by atoms with E-state index < -0.39 is 40.6 Å². The monoisotopic (exact) mass is 319 g/mol. The fourth-order valence-electron chi connectivity index (χ4n) is 1.15. The predicted octanol–water partition coefficient (Wildman–Crippen LogP) is 3.35. The average Bonchev–Trinajstić information content (AvgIpc) is 2.13. The molecule has 0 spiro atoms. The third kappa shape index (κ3) is 7.57. The van der Waals surface area contributed by atoms with Crippen molar-refractivity contribution in [3.05, 3.63) is 0 Å². The highest BCUT2D eigenvalue weighted by Gasteiger charge is 2.46. The summed E-state index contributed by atoms with van der Waals surface area (Å²) in [6.07, 6.45) is -10.6. The van der Waals surface area contributed by atoms with E-state index in [1.165, 1.54) is 0 Å². The molecular formula is C8H15F6NO3S. The maximum absolute atomic E-state index is 12.8. The van der Waals surface area contributed by atoms with Crippen LogP contribution < -0.4 is 6.15 Å². The first-order chi connectivity index (χ1) is 7.88. The highest BCUT2D eigenvalue weighted by Crippen LogP contribution is 2.31. The van der Waals surface area contributed by atoms with Crippen molar-refractivity contribution in [3.8, 4) is 0 Å². The summed E-state index contributed by atoms with van der Waals surface area (Å²) in [6.45, 7) is 0. The van der Waals surface area contributed by atoms with E-state index in [1.807, 2.05) is 0 Å². The van der Waals surface area contributed by atoms with Crippen molar-refractivity contribution in [2.24, 2.45) is 0 Å². The topological polar surface area (TPSA) is 93.7 Å². The lowest BCUT2D eigenvalue weighted by molar-refractivity contribution is -0.135. The summed E-state index contributed by atoms with van der Waals surface area (Å²) in [4.78, 5) is 0. The lowest BCUT2D eigenvalue weighted by atomic mass is 10.1. The van der Waals surface area contributed by atoms with Gasteiger partial charge in [0.05, 0.1) is 0 Å². The van der Waals surface area contributed by atoms with Crippen LogP contribution in [0.2, 0.25) is 0 Å². The van der Waals surface area contributed by atoms with E-state index in [0.29, 0.717) is 0 Å². The van der Waals surface area contributed by atoms with E-state index in [4.69, 9.17) is 0 Å². The Morgan fingerprint density at radius 2 is 1.47 bits per heavy atom. The molecule has 0 aliphatic carbocycles. The summed E-state index contributed by atoms with van der Waals surface area (Å²) in [7, 11) is -6.11. The van der Waals surface area contributed by atoms with Gasteiger partial charge in [-0.25, -0.2) is 12.8 Å². The number of alkyl halides is 6. The van der Waals surface area contributed by atoms with Crippen molar-refractivity contribution in [1.82, 2.24) is 6.15 Å². The summed E-state index contributed by atoms with van der Waals surface area (Å²) in [5, 5.41) is -5.04. The highest BCUT2D eigenvalue weighted by atomic mass is 32.2. The molecule has 0 fully saturated rings. The molecule has 1 unspecified atom stereocenters. The molecule has 4 nitrogen and oxygen atoms in total. The molecule has 0 saturated heterocycles. The Balaban J connectivity index is 0. The number of hydrogen-bond acceptors (Lipinski definition) is 3. The van der Waals surface area contributed by atoms with E-state index >= 15 is 0 Å². The Morgan fingerprint density at radius 1 is 1.00 bits per heavy atom. The van der Waals surface area contributed by atoms with Gasteiger partial charge in [0.2, 0.25) is 0 Å². The average molecular weight is 319 g/mol. The van der Waals surface area contributed by atoms with Gasteiger partial charge in [0.25, 0.3) is 0 Å². The molecule has 0 aromatic heterocycles. The van der Waals surface area contributed by atoms with Gasteiger partial charge in [0.1, 0.15) is 0 Å². The van der Waals surface area contributed by atoms with Crippen molar-refractivity contribution in [1.29, 1.82) is 0 Å². The number of halogens is 6. The second kappa shape index (κ2) is 7.29. The molecule has 0 saturated carbocycles. The van der Waals surface area contributed by atoms with E-state index in [1.54, 1.807) is 0 Å². The van der Waals surface area contributed by atoms with Gasteiger partial charge in [-0.2, -0.15) is 22.0 Å². The van der Waals surface area contributed by atoms with Crippen LogP contribution in [-0.2, 0) is 10.1 Å². The zero-order valence-electron chi connectivity index (χ0n) is 10.0. The van der Waals surface area contributed by atoms with Crippen molar-refractivity contribution in [2.75, 3.05) is 0 Å². The number of hydrogen-bond donors (Lipinski definition) is 1. The molecule has 4 N–H and O–H groups in total. The number of unbranched alkanes of at least 4 members (excludes halogenated alkanes) is 2. The molecule has 1 atom stereocenters. The molecule has 0 aromatic carbocycles. The molecule has 118 valence electrons. The van der Waals surface area contributed by atoms with Crippen molar-refractivity contribution in [2.45, 2.75) is 49.7 Å². The largest absolute Gasteiger partial charge is 0.743 e. The molecule has 0 aliphatic rings. The van der Waals surface area contributed by atoms with Crippen LogP contribution in [0.5, 0.6) is 0 Å². The smallest absolute Gasteiger partial charge is 0.389 e. The third-order valence-electron chi connectivity index (χ3n) is 2.12. The standard InChI is InChI=1S/C8H12F6O3S.H3N/c9-6(8(13,14)18(15,16)17)4-2-1-3-5-7(10,11)12;/h6H,1-5H2,(H,15,16,17);1H3. The van der Waals surface area contributed by atoms with Gasteiger partial charge >= 0.3 is 11.4 Å². The predicted molar refractivity (Wildman–Crippen MR) is 54.7 cm³/mol. The number of rotatable bonds is 7. The molecule has 11 heteroatoms. The molecular weight excluding hydrogens is 304 g/mol. The van der Waals surface area contributed by atoms with Crippen LogP contribution >= 0.6 is 0 Å². The summed E-state index contributed by atoms with van der Waals surface area (Å²) in [5.41, 5.74) is 0. The first-order valence-electron chi connectivity index (χ1n) is 4.92. The van der Waals surface area contributed by atoms with Crippen LogP contribution in [0.15, 0.2) is 0 Å². The lowest BCUT2D eigenvalue weighted by Gasteiger charge is -2.23. The van der Waals surface area contributed by atoms with Crippen LogP contribution in [-0.4, -0.2) is 30.6 Å². The van der Waals surface area contributed by atoms with E-state index in [0.717, 1.165) is 0 Å². The Kier molecular flexibility index (Phi) is 7.97. The van der Waals surface area contributed by atoms with E-state index in [9.17, 15) is 39.3 Å². The number of quaternary nitrogens is 1. The molecule has 0 radical (unpaired) electrons. The summed E-state index contributed by atoms with van der Waals surface area (Å²) >= 11 is 0. The second-order valence-corrected chi connectivity index (χ2v) is 5.15. The van der Waals surface area contributed by atoms with Crippen LogP contribution in [0.25, 0.3) is 0 Å². The normalized spacial score (nSPS) is 14.9. The van der Waals surface area contributed by atoms with Gasteiger partial charge in [0.15, 0.2) is 16.3 Å². The SMILES string of the molecule is O=S(=O)([O-])C(F)(F)C(F)CCCCCC(F)(F)F.[NH4+]. The first-order valence-corrected chi connectivity index (χ1v) is 6.33. The van der Waals surface area contributed by atoms with Gasteiger partial charge in [0, 0.05) is 6.42 Å². The molecule has 0 aliphatic heterocycles. The minimum absolute atomic E-state index is 0. The minimum Gasteiger partial charge on any atom is -0.743 e. The van der Waals surface area contributed by atoms with Crippen molar-refractivity contribution in [3.63, 3.8) is 0 Å². The zero-order chi connectivity index (χ0) is 14.6. The fourth-order valence-corrected chi connectivity index (χ4v) is 1.58. The Hall–Kier alpha value is -0.550. The van der Waals surface area contributed by atoms with Crippen molar-refractivity contribution >= 4 is 10.1 Å². The molecule has 0 rings (SSSR count). The summed E-state index contributed by atoms with van der Waals surface area (Å²) < 4.78 is 103. The van der Waals surface area contributed by atoms with Gasteiger partial charge in [-0.15, -0.1) is 0 Å². The lowest BCUT2D eigenvalue weighted by Crippen LogP contribution is -2.38. The maximum atomic E-state index is 12.8. The van der Waals surface area contributed by atoms with Gasteiger partial charge < -0.3 is 10.7 Å². The van der Waals surface area contributed by atoms with Crippen LogP contribution in [0.1, 0.15) is 32.1 Å². The first kappa shape index (κ1) is 20.8. The molecule has 0 aromatic rings. The Labute approximate surface area is 106 Å². The van der Waals surface area contributed by atoms with Gasteiger partial charge in [-0.05, 0) is 12.8 Å². The Bertz CT molecular complexity index is 356. The van der Waals surface area contributed by atoms with Gasteiger partial charge in [-0.3, -0.25) is 0 Å². The maximum Gasteiger partial charge on any atom is 0.389 e. The van der Waals surface area contributed by atoms with E-state index in [2.05, 4.69) is 0 Å². The molecule has 19 heavy (non-hydrogen) atoms. The minimum atomic E-state index is -6.11. The van der Waals surface area contributed by atoms with E-state index in [-0.39, 0.29) is 25.4 Å². The Morgan fingerprint density at radius 3 is 1.84 bits per heavy atom. The van der Waals surface area contributed by atoms with Gasteiger partial charge in [-0.1, -0.05) is 12.8 Å². The second-order valence-electron chi connectivity index (χ2n) is 3.70. The van der Waals surface area contributed by atoms with Crippen molar-refractivity contribution < 1.29 is 39.3 Å².